The fraction of sp³-hybridized carbons (Fsp3) is 0.125. The molecule has 0 amide bonds. The van der Waals surface area contributed by atoms with Crippen molar-refractivity contribution in [1.29, 1.82) is 0 Å². The highest BCUT2D eigenvalue weighted by Gasteiger charge is 2.16. The minimum absolute atomic E-state index is 0.500. The molecule has 0 aliphatic rings. The number of nitrogens with one attached hydrogen (secondary N) is 1. The lowest BCUT2D eigenvalue weighted by molar-refractivity contribution is 0.186. The third kappa shape index (κ3) is 3.39. The van der Waals surface area contributed by atoms with Gasteiger partial charge in [-0.15, -0.1) is 11.3 Å². The first-order valence-electron chi connectivity index (χ1n) is 9.46. The number of aromatic nitrogens is 2. The molecule has 144 valence electrons. The van der Waals surface area contributed by atoms with E-state index in [2.05, 4.69) is 40.7 Å². The summed E-state index contributed by atoms with van der Waals surface area (Å²) in [6, 6.07) is 20.5. The van der Waals surface area contributed by atoms with Crippen LogP contribution in [0.25, 0.3) is 32.4 Å². The largest absolute Gasteiger partial charge is 0.489 e. The Morgan fingerprint density at radius 3 is 2.66 bits per heavy atom. The third-order valence-electron chi connectivity index (χ3n) is 5.00. The van der Waals surface area contributed by atoms with Gasteiger partial charge in [0.1, 0.15) is 12.4 Å². The molecule has 5 rings (SSSR count). The van der Waals surface area contributed by atoms with Crippen molar-refractivity contribution in [3.8, 4) is 16.3 Å². The van der Waals surface area contributed by atoms with Crippen LogP contribution in [0.15, 0.2) is 72.2 Å². The molecule has 0 radical (unpaired) electrons. The molecule has 0 bridgehead atoms. The topological polar surface area (TPSA) is 47.1 Å². The maximum Gasteiger partial charge on any atom is 0.120 e. The molecule has 5 heteroatoms. The van der Waals surface area contributed by atoms with Crippen LogP contribution in [0.3, 0.4) is 0 Å². The predicted molar refractivity (Wildman–Crippen MR) is 118 cm³/mol. The number of aromatic amines is 1. The summed E-state index contributed by atoms with van der Waals surface area (Å²) in [5.74, 6) is 0.847. The Morgan fingerprint density at radius 2 is 1.86 bits per heavy atom. The van der Waals surface area contributed by atoms with Crippen LogP contribution < -0.4 is 4.74 Å². The van der Waals surface area contributed by atoms with Crippen molar-refractivity contribution < 1.29 is 9.47 Å². The van der Waals surface area contributed by atoms with Gasteiger partial charge in [-0.25, -0.2) is 0 Å². The summed E-state index contributed by atoms with van der Waals surface area (Å²) in [7, 11) is 1.72. The number of benzene rings is 2. The summed E-state index contributed by atoms with van der Waals surface area (Å²) in [6.07, 6.45) is 1.91. The van der Waals surface area contributed by atoms with Crippen molar-refractivity contribution in [2.45, 2.75) is 13.2 Å². The van der Waals surface area contributed by atoms with Gasteiger partial charge in [0, 0.05) is 29.0 Å². The molecule has 3 aromatic heterocycles. The molecule has 3 heterocycles. The number of thiophene rings is 1. The molecule has 0 unspecified atom stereocenters. The molecule has 0 aliphatic heterocycles. The van der Waals surface area contributed by atoms with Gasteiger partial charge in [0.05, 0.1) is 28.9 Å². The lowest BCUT2D eigenvalue weighted by Gasteiger charge is -2.09. The first kappa shape index (κ1) is 17.9. The normalized spacial score (nSPS) is 11.3. The molecule has 2 aromatic carbocycles. The Balaban J connectivity index is 1.61. The van der Waals surface area contributed by atoms with Gasteiger partial charge in [-0.05, 0) is 35.2 Å². The smallest absolute Gasteiger partial charge is 0.120 e. The highest BCUT2D eigenvalue weighted by Crippen LogP contribution is 2.36. The number of rotatable bonds is 6. The maximum atomic E-state index is 6.06. The summed E-state index contributed by atoms with van der Waals surface area (Å²) in [6.45, 7) is 1.04. The van der Waals surface area contributed by atoms with E-state index in [-0.39, 0.29) is 0 Å². The van der Waals surface area contributed by atoms with Crippen molar-refractivity contribution in [3.05, 3.63) is 83.4 Å². The highest BCUT2D eigenvalue weighted by atomic mass is 32.1. The van der Waals surface area contributed by atoms with Gasteiger partial charge in [-0.1, -0.05) is 36.4 Å². The van der Waals surface area contributed by atoms with E-state index in [1.807, 2.05) is 36.5 Å². The van der Waals surface area contributed by atoms with Gasteiger partial charge in [0.25, 0.3) is 0 Å². The van der Waals surface area contributed by atoms with Gasteiger partial charge in [-0.2, -0.15) is 0 Å². The lowest BCUT2D eigenvalue weighted by Crippen LogP contribution is -1.96. The SMILES string of the molecule is COCc1c(-c2cccs2)ncc2[nH]c3ccc(OCc4ccccc4)cc3c12. The Labute approximate surface area is 172 Å². The lowest BCUT2D eigenvalue weighted by atomic mass is 10.0. The molecule has 29 heavy (non-hydrogen) atoms. The fourth-order valence-electron chi connectivity index (χ4n) is 3.68. The minimum atomic E-state index is 0.500. The standard InChI is InChI=1S/C24H20N2O2S/c1-27-15-19-23-18-12-17(28-14-16-6-3-2-4-7-16)9-10-20(18)26-21(23)13-25-24(19)22-8-5-11-29-22/h2-13,26H,14-15H2,1H3. The van der Waals surface area contributed by atoms with E-state index >= 15 is 0 Å². The minimum Gasteiger partial charge on any atom is -0.489 e. The maximum absolute atomic E-state index is 6.06. The number of ether oxygens (including phenoxy) is 2. The zero-order valence-electron chi connectivity index (χ0n) is 16.0. The van der Waals surface area contributed by atoms with E-state index in [1.54, 1.807) is 18.4 Å². The van der Waals surface area contributed by atoms with E-state index in [0.717, 1.165) is 49.3 Å². The number of fused-ring (bicyclic) bond motifs is 3. The number of nitrogens with zero attached hydrogens (tertiary/aromatic N) is 1. The molecule has 0 atom stereocenters. The summed E-state index contributed by atoms with van der Waals surface area (Å²) >= 11 is 1.69. The molecular formula is C24H20N2O2S. The van der Waals surface area contributed by atoms with Gasteiger partial charge in [0.2, 0.25) is 0 Å². The third-order valence-corrected chi connectivity index (χ3v) is 5.88. The van der Waals surface area contributed by atoms with Crippen molar-refractivity contribution in [3.63, 3.8) is 0 Å². The first-order chi connectivity index (χ1) is 14.3. The molecule has 4 nitrogen and oxygen atoms in total. The molecule has 0 saturated heterocycles. The quantitative estimate of drug-likeness (QED) is 0.371. The number of H-pyrrole nitrogens is 1. The van der Waals surface area contributed by atoms with Crippen LogP contribution in [0.5, 0.6) is 5.75 Å². The van der Waals surface area contributed by atoms with Crippen LogP contribution in [0.2, 0.25) is 0 Å². The van der Waals surface area contributed by atoms with E-state index in [4.69, 9.17) is 14.5 Å². The fourth-order valence-corrected chi connectivity index (χ4v) is 4.43. The van der Waals surface area contributed by atoms with Gasteiger partial charge in [-0.3, -0.25) is 4.98 Å². The van der Waals surface area contributed by atoms with Gasteiger partial charge in [0.15, 0.2) is 0 Å². The van der Waals surface area contributed by atoms with Crippen LogP contribution in [-0.2, 0) is 18.0 Å². The molecule has 0 fully saturated rings. The predicted octanol–water partition coefficient (Wildman–Crippen LogP) is 6.17. The van der Waals surface area contributed by atoms with Crippen LogP contribution in [0.1, 0.15) is 11.1 Å². The van der Waals surface area contributed by atoms with E-state index < -0.39 is 0 Å². The second-order valence-corrected chi connectivity index (χ2v) is 7.84. The van der Waals surface area contributed by atoms with Crippen LogP contribution in [0.4, 0.5) is 0 Å². The summed E-state index contributed by atoms with van der Waals surface area (Å²) in [5, 5.41) is 4.34. The molecule has 0 aliphatic carbocycles. The second-order valence-electron chi connectivity index (χ2n) is 6.89. The molecular weight excluding hydrogens is 380 g/mol. The van der Waals surface area contributed by atoms with Crippen molar-refractivity contribution in [1.82, 2.24) is 9.97 Å². The monoisotopic (exact) mass is 400 g/mol. The van der Waals surface area contributed by atoms with E-state index in [0.29, 0.717) is 13.2 Å². The molecule has 1 N–H and O–H groups in total. The van der Waals surface area contributed by atoms with Crippen molar-refractivity contribution in [2.24, 2.45) is 0 Å². The summed E-state index contributed by atoms with van der Waals surface area (Å²) in [4.78, 5) is 9.35. The van der Waals surface area contributed by atoms with E-state index in [1.165, 1.54) is 0 Å². The molecule has 5 aromatic rings. The first-order valence-corrected chi connectivity index (χ1v) is 10.3. The summed E-state index contributed by atoms with van der Waals surface area (Å²) in [5.41, 5.74) is 5.29. The van der Waals surface area contributed by atoms with Crippen LogP contribution >= 0.6 is 11.3 Å². The van der Waals surface area contributed by atoms with Gasteiger partial charge < -0.3 is 14.5 Å². The number of pyridine rings is 1. The zero-order valence-corrected chi connectivity index (χ0v) is 16.8. The van der Waals surface area contributed by atoms with Crippen molar-refractivity contribution >= 4 is 33.1 Å². The molecule has 0 spiro atoms. The number of hydrogen-bond donors (Lipinski definition) is 1. The van der Waals surface area contributed by atoms with Crippen LogP contribution in [-0.4, -0.2) is 17.1 Å². The molecule has 0 saturated carbocycles. The van der Waals surface area contributed by atoms with E-state index in [9.17, 15) is 0 Å². The number of hydrogen-bond acceptors (Lipinski definition) is 4. The Bertz CT molecular complexity index is 1260. The highest BCUT2D eigenvalue weighted by molar-refractivity contribution is 7.13. The van der Waals surface area contributed by atoms with Gasteiger partial charge >= 0.3 is 0 Å². The average Bonchev–Trinajstić information content (AvgIpc) is 3.41. The Hall–Kier alpha value is -3.15. The number of methoxy groups -OCH3 is 1. The van der Waals surface area contributed by atoms with Crippen LogP contribution in [0, 0.1) is 0 Å². The summed E-state index contributed by atoms with van der Waals surface area (Å²) < 4.78 is 11.6. The Kier molecular flexibility index (Phi) is 4.76. The second kappa shape index (κ2) is 7.70. The average molecular weight is 401 g/mol. The Morgan fingerprint density at radius 1 is 0.966 bits per heavy atom. The zero-order chi connectivity index (χ0) is 19.6. The van der Waals surface area contributed by atoms with Crippen molar-refractivity contribution in [2.75, 3.05) is 7.11 Å².